The predicted octanol–water partition coefficient (Wildman–Crippen LogP) is 4.66. The number of Topliss-reactive ketones (excluding diaryl/α,β-unsaturated/α-hetero) is 1. The molecule has 1 fully saturated rings. The smallest absolute Gasteiger partial charge is 0.301 e. The largest absolute Gasteiger partial charge is 0.507 e. The number of ketones is 1. The SMILES string of the molecule is Cc1cc(/C(O)=C2\C(=O)C(=O)N(c3nc4c(Cl)cccc4s3)C2c2cccc([NH3+])c2)c(C)o1. The minimum Gasteiger partial charge on any atom is -0.507 e. The molecular formula is C24H19ClN3O4S+. The molecule has 0 radical (unpaired) electrons. The van der Waals surface area contributed by atoms with Crippen LogP contribution >= 0.6 is 22.9 Å². The van der Waals surface area contributed by atoms with Gasteiger partial charge in [-0.1, -0.05) is 41.1 Å². The third-order valence-electron chi connectivity index (χ3n) is 5.57. The molecule has 33 heavy (non-hydrogen) atoms. The van der Waals surface area contributed by atoms with E-state index in [1.807, 2.05) is 12.1 Å². The van der Waals surface area contributed by atoms with Gasteiger partial charge in [0.2, 0.25) is 0 Å². The molecular weight excluding hydrogens is 462 g/mol. The van der Waals surface area contributed by atoms with Gasteiger partial charge >= 0.3 is 5.91 Å². The first-order valence-electron chi connectivity index (χ1n) is 10.1. The van der Waals surface area contributed by atoms with Crippen LogP contribution in [-0.2, 0) is 9.59 Å². The Morgan fingerprint density at radius 2 is 1.94 bits per heavy atom. The third kappa shape index (κ3) is 3.43. The van der Waals surface area contributed by atoms with Gasteiger partial charge in [-0.25, -0.2) is 4.98 Å². The zero-order valence-electron chi connectivity index (χ0n) is 17.8. The molecule has 4 aromatic rings. The van der Waals surface area contributed by atoms with Crippen molar-refractivity contribution in [3.05, 3.63) is 81.8 Å². The fourth-order valence-electron chi connectivity index (χ4n) is 4.13. The number of para-hydroxylation sites is 1. The van der Waals surface area contributed by atoms with Gasteiger partial charge in [-0.05, 0) is 43.7 Å². The van der Waals surface area contributed by atoms with Crippen molar-refractivity contribution in [2.24, 2.45) is 0 Å². The van der Waals surface area contributed by atoms with Crippen molar-refractivity contribution in [3.8, 4) is 0 Å². The zero-order chi connectivity index (χ0) is 23.4. The lowest BCUT2D eigenvalue weighted by Gasteiger charge is -2.22. The number of nitrogens with zero attached hydrogens (tertiary/aromatic N) is 2. The number of aryl methyl sites for hydroxylation is 2. The Balaban J connectivity index is 1.77. The van der Waals surface area contributed by atoms with E-state index in [0.717, 1.165) is 4.70 Å². The highest BCUT2D eigenvalue weighted by Crippen LogP contribution is 2.45. The summed E-state index contributed by atoms with van der Waals surface area (Å²) in [6.07, 6.45) is 0. The topological polar surface area (TPSA) is 111 Å². The maximum Gasteiger partial charge on any atom is 0.301 e. The predicted molar refractivity (Wildman–Crippen MR) is 127 cm³/mol. The van der Waals surface area contributed by atoms with E-state index in [-0.39, 0.29) is 11.3 Å². The summed E-state index contributed by atoms with van der Waals surface area (Å²) >= 11 is 7.55. The van der Waals surface area contributed by atoms with Gasteiger partial charge in [-0.2, -0.15) is 0 Å². The number of carbonyl (C=O) groups is 2. The Morgan fingerprint density at radius 1 is 1.18 bits per heavy atom. The van der Waals surface area contributed by atoms with E-state index in [9.17, 15) is 14.7 Å². The first kappa shape index (κ1) is 21.4. The molecule has 0 spiro atoms. The summed E-state index contributed by atoms with van der Waals surface area (Å²) in [7, 11) is 0. The molecule has 9 heteroatoms. The average Bonchev–Trinajstić information content (AvgIpc) is 3.42. The molecule has 0 aliphatic carbocycles. The number of rotatable bonds is 3. The van der Waals surface area contributed by atoms with E-state index in [4.69, 9.17) is 16.0 Å². The van der Waals surface area contributed by atoms with Crippen LogP contribution in [0.3, 0.4) is 0 Å². The molecule has 0 saturated carbocycles. The molecule has 1 atom stereocenters. The van der Waals surface area contributed by atoms with Gasteiger partial charge in [0.05, 0.1) is 26.9 Å². The van der Waals surface area contributed by atoms with E-state index in [1.54, 1.807) is 50.2 Å². The number of quaternary nitrogens is 1. The minimum atomic E-state index is -0.888. The van der Waals surface area contributed by atoms with Crippen molar-refractivity contribution in [2.75, 3.05) is 4.90 Å². The number of fused-ring (bicyclic) bond motifs is 1. The van der Waals surface area contributed by atoms with Crippen molar-refractivity contribution >= 4 is 61.4 Å². The Bertz CT molecular complexity index is 1490. The van der Waals surface area contributed by atoms with E-state index in [2.05, 4.69) is 10.7 Å². The Hall–Kier alpha value is -3.46. The average molecular weight is 481 g/mol. The summed E-state index contributed by atoms with van der Waals surface area (Å²) in [6, 6.07) is 13.3. The van der Waals surface area contributed by atoms with Crippen molar-refractivity contribution < 1.29 is 24.8 Å². The molecule has 5 rings (SSSR count). The number of hydrogen-bond acceptors (Lipinski definition) is 6. The molecule has 166 valence electrons. The second-order valence-electron chi connectivity index (χ2n) is 7.82. The summed E-state index contributed by atoms with van der Waals surface area (Å²) in [5, 5.41) is 12.0. The van der Waals surface area contributed by atoms with Crippen LogP contribution in [-0.4, -0.2) is 21.8 Å². The fraction of sp³-hybridized carbons (Fsp3) is 0.125. The number of benzene rings is 2. The molecule has 2 aromatic heterocycles. The van der Waals surface area contributed by atoms with E-state index < -0.39 is 17.7 Å². The van der Waals surface area contributed by atoms with Crippen molar-refractivity contribution in [2.45, 2.75) is 19.9 Å². The van der Waals surface area contributed by atoms with Crippen LogP contribution in [0.1, 0.15) is 28.7 Å². The van der Waals surface area contributed by atoms with Gasteiger partial charge in [-0.3, -0.25) is 14.5 Å². The highest BCUT2D eigenvalue weighted by molar-refractivity contribution is 7.22. The molecule has 7 nitrogen and oxygen atoms in total. The summed E-state index contributed by atoms with van der Waals surface area (Å²) in [6.45, 7) is 3.44. The van der Waals surface area contributed by atoms with Gasteiger partial charge in [0.25, 0.3) is 5.78 Å². The van der Waals surface area contributed by atoms with Crippen molar-refractivity contribution in [1.82, 2.24) is 4.98 Å². The van der Waals surface area contributed by atoms with E-state index >= 15 is 0 Å². The lowest BCUT2D eigenvalue weighted by molar-refractivity contribution is -0.254. The number of thiazole rings is 1. The third-order valence-corrected chi connectivity index (χ3v) is 6.90. The summed E-state index contributed by atoms with van der Waals surface area (Å²) < 4.78 is 6.33. The summed E-state index contributed by atoms with van der Waals surface area (Å²) in [4.78, 5) is 32.5. The molecule has 1 amide bonds. The second-order valence-corrected chi connectivity index (χ2v) is 9.24. The fourth-order valence-corrected chi connectivity index (χ4v) is 5.42. The normalized spacial score (nSPS) is 17.9. The van der Waals surface area contributed by atoms with Crippen molar-refractivity contribution in [3.63, 3.8) is 0 Å². The number of halogens is 1. The lowest BCUT2D eigenvalue weighted by atomic mass is 9.95. The molecule has 3 heterocycles. The number of aliphatic hydroxyl groups is 1. The molecule has 2 aromatic carbocycles. The highest BCUT2D eigenvalue weighted by atomic mass is 35.5. The number of carbonyl (C=O) groups excluding carboxylic acids is 2. The Morgan fingerprint density at radius 3 is 2.61 bits per heavy atom. The summed E-state index contributed by atoms with van der Waals surface area (Å²) in [5.74, 6) is -0.823. The Labute approximate surface area is 197 Å². The highest BCUT2D eigenvalue weighted by Gasteiger charge is 2.48. The van der Waals surface area contributed by atoms with Gasteiger partial charge in [0, 0.05) is 6.07 Å². The number of amides is 1. The molecule has 0 bridgehead atoms. The van der Waals surface area contributed by atoms with Crippen LogP contribution in [0.5, 0.6) is 0 Å². The van der Waals surface area contributed by atoms with Crippen LogP contribution < -0.4 is 10.6 Å². The zero-order valence-corrected chi connectivity index (χ0v) is 19.3. The van der Waals surface area contributed by atoms with Gasteiger partial charge in [0.1, 0.15) is 28.5 Å². The second kappa shape index (κ2) is 7.84. The molecule has 1 unspecified atom stereocenters. The van der Waals surface area contributed by atoms with Gasteiger partial charge in [-0.15, -0.1) is 0 Å². The number of aromatic nitrogens is 1. The van der Waals surface area contributed by atoms with E-state index in [0.29, 0.717) is 44.0 Å². The standard InChI is InChI=1S/C24H18ClN3O4S/c1-11-9-15(12(2)32-11)21(29)18-20(13-5-3-6-14(26)10-13)28(23(31)22(18)30)24-27-19-16(25)7-4-8-17(19)33-24/h3-10,20,29H,26H2,1-2H3/p+1/b21-18+. The van der Waals surface area contributed by atoms with Crippen LogP contribution in [0.15, 0.2) is 58.5 Å². The monoisotopic (exact) mass is 480 g/mol. The number of hydrogen-bond donors (Lipinski definition) is 2. The molecule has 1 saturated heterocycles. The van der Waals surface area contributed by atoms with Crippen LogP contribution in [0.25, 0.3) is 16.0 Å². The minimum absolute atomic E-state index is 0.0279. The molecule has 4 N–H and O–H groups in total. The number of aliphatic hydroxyl groups excluding tert-OH is 1. The first-order valence-corrected chi connectivity index (χ1v) is 11.3. The van der Waals surface area contributed by atoms with Crippen LogP contribution in [0, 0.1) is 13.8 Å². The van der Waals surface area contributed by atoms with Gasteiger partial charge in [0.15, 0.2) is 5.13 Å². The van der Waals surface area contributed by atoms with Crippen molar-refractivity contribution in [1.29, 1.82) is 0 Å². The first-order chi connectivity index (χ1) is 15.8. The lowest BCUT2D eigenvalue weighted by Crippen LogP contribution is -2.40. The maximum absolute atomic E-state index is 13.3. The Kier molecular flexibility index (Phi) is 5.08. The van der Waals surface area contributed by atoms with Crippen LogP contribution in [0.2, 0.25) is 5.02 Å². The molecule has 1 aliphatic heterocycles. The summed E-state index contributed by atoms with van der Waals surface area (Å²) in [5.41, 5.74) is 6.20. The molecule has 1 aliphatic rings. The maximum atomic E-state index is 13.3. The number of furan rings is 1. The quantitative estimate of drug-likeness (QED) is 0.251. The van der Waals surface area contributed by atoms with E-state index in [1.165, 1.54) is 16.2 Å². The van der Waals surface area contributed by atoms with Crippen LogP contribution in [0.4, 0.5) is 10.8 Å². The van der Waals surface area contributed by atoms with Gasteiger partial charge < -0.3 is 15.3 Å². The number of anilines is 1.